The number of carbonyl (C=O) groups is 1. The van der Waals surface area contributed by atoms with Gasteiger partial charge in [0.2, 0.25) is 5.95 Å². The van der Waals surface area contributed by atoms with Crippen LogP contribution in [-0.4, -0.2) is 45.4 Å². The fourth-order valence-electron chi connectivity index (χ4n) is 3.10. The summed E-state index contributed by atoms with van der Waals surface area (Å²) in [5, 5.41) is 19.8. The summed E-state index contributed by atoms with van der Waals surface area (Å²) in [6.07, 6.45) is 3.31. The van der Waals surface area contributed by atoms with Crippen molar-refractivity contribution in [3.05, 3.63) is 71.4 Å². The van der Waals surface area contributed by atoms with E-state index in [2.05, 4.69) is 47.3 Å². The summed E-state index contributed by atoms with van der Waals surface area (Å²) in [6.45, 7) is 0.282. The Kier molecular flexibility index (Phi) is 6.78. The molecular formula is C22H24N8O3. The fraction of sp³-hybridized carbons (Fsp3) is 0.227. The molecule has 0 bridgehead atoms. The van der Waals surface area contributed by atoms with Gasteiger partial charge in [-0.1, -0.05) is 17.3 Å². The molecule has 4 N–H and O–H groups in total. The highest BCUT2D eigenvalue weighted by Crippen LogP contribution is 2.17. The van der Waals surface area contributed by atoms with Crippen molar-refractivity contribution in [1.29, 1.82) is 0 Å². The van der Waals surface area contributed by atoms with Gasteiger partial charge in [0.25, 0.3) is 5.91 Å². The molecule has 170 valence electrons. The van der Waals surface area contributed by atoms with Gasteiger partial charge in [0.1, 0.15) is 11.6 Å². The largest absolute Gasteiger partial charge is 0.497 e. The van der Waals surface area contributed by atoms with Crippen LogP contribution in [0.4, 0.5) is 17.6 Å². The van der Waals surface area contributed by atoms with Gasteiger partial charge in [-0.05, 0) is 36.6 Å². The molecule has 33 heavy (non-hydrogen) atoms. The Morgan fingerprint density at radius 3 is 2.91 bits per heavy atom. The van der Waals surface area contributed by atoms with Crippen LogP contribution in [0.1, 0.15) is 27.5 Å². The smallest absolute Gasteiger partial charge is 0.273 e. The quantitative estimate of drug-likeness (QED) is 0.288. The second-order valence-electron chi connectivity index (χ2n) is 7.13. The molecule has 11 nitrogen and oxygen atoms in total. The zero-order valence-corrected chi connectivity index (χ0v) is 18.3. The topological polar surface area (TPSA) is 143 Å². The number of rotatable bonds is 10. The summed E-state index contributed by atoms with van der Waals surface area (Å²) in [5.74, 6) is 2.67. The number of amides is 1. The predicted octanol–water partition coefficient (Wildman–Crippen LogP) is 2.70. The van der Waals surface area contributed by atoms with E-state index in [-0.39, 0.29) is 18.1 Å². The third-order valence-electron chi connectivity index (χ3n) is 4.80. The number of hydrogen-bond acceptors (Lipinski definition) is 9. The molecule has 0 aliphatic heterocycles. The van der Waals surface area contributed by atoms with Crippen molar-refractivity contribution >= 4 is 23.5 Å². The van der Waals surface area contributed by atoms with Crippen molar-refractivity contribution in [3.63, 3.8) is 0 Å². The van der Waals surface area contributed by atoms with Gasteiger partial charge in [-0.15, -0.1) is 0 Å². The van der Waals surface area contributed by atoms with Crippen LogP contribution in [0.5, 0.6) is 5.75 Å². The van der Waals surface area contributed by atoms with Gasteiger partial charge >= 0.3 is 0 Å². The maximum Gasteiger partial charge on any atom is 0.273 e. The Hall–Kier alpha value is -4.41. The summed E-state index contributed by atoms with van der Waals surface area (Å²) >= 11 is 0. The van der Waals surface area contributed by atoms with Crippen LogP contribution < -0.4 is 20.7 Å². The minimum Gasteiger partial charge on any atom is -0.497 e. The Morgan fingerprint density at radius 1 is 1.15 bits per heavy atom. The van der Waals surface area contributed by atoms with Gasteiger partial charge in [0, 0.05) is 31.1 Å². The molecule has 0 fully saturated rings. The molecule has 0 unspecified atom stereocenters. The van der Waals surface area contributed by atoms with Crippen molar-refractivity contribution in [2.75, 3.05) is 24.8 Å². The number of aromatic nitrogens is 5. The monoisotopic (exact) mass is 448 g/mol. The molecule has 11 heteroatoms. The van der Waals surface area contributed by atoms with Gasteiger partial charge in [-0.3, -0.25) is 9.89 Å². The third-order valence-corrected chi connectivity index (χ3v) is 4.80. The van der Waals surface area contributed by atoms with Crippen LogP contribution in [0.15, 0.2) is 53.2 Å². The molecule has 0 saturated heterocycles. The number of hydrogen-bond donors (Lipinski definition) is 4. The minimum atomic E-state index is -0.311. The SMILES string of the molecule is CNC(=O)c1cc(CNc2nccc(Nc3cc(CCc4cccc(OC)c4)[nH]n3)n2)on1. The van der Waals surface area contributed by atoms with E-state index in [9.17, 15) is 4.79 Å². The van der Waals surface area contributed by atoms with E-state index in [4.69, 9.17) is 9.26 Å². The number of aromatic amines is 1. The lowest BCUT2D eigenvalue weighted by Gasteiger charge is -2.05. The highest BCUT2D eigenvalue weighted by Gasteiger charge is 2.11. The van der Waals surface area contributed by atoms with Crippen molar-refractivity contribution in [3.8, 4) is 5.75 Å². The third kappa shape index (κ3) is 5.85. The van der Waals surface area contributed by atoms with E-state index in [1.807, 2.05) is 24.3 Å². The van der Waals surface area contributed by atoms with E-state index in [1.54, 1.807) is 25.4 Å². The van der Waals surface area contributed by atoms with Gasteiger partial charge < -0.3 is 25.2 Å². The molecule has 0 saturated carbocycles. The molecule has 1 aromatic carbocycles. The van der Waals surface area contributed by atoms with Crippen LogP contribution in [0, 0.1) is 0 Å². The van der Waals surface area contributed by atoms with Crippen molar-refractivity contribution in [1.82, 2.24) is 30.6 Å². The molecule has 1 amide bonds. The first-order chi connectivity index (χ1) is 16.1. The lowest BCUT2D eigenvalue weighted by Crippen LogP contribution is -2.17. The van der Waals surface area contributed by atoms with Gasteiger partial charge in [0.05, 0.1) is 13.7 Å². The number of benzene rings is 1. The molecule has 0 aliphatic rings. The normalized spacial score (nSPS) is 10.6. The summed E-state index contributed by atoms with van der Waals surface area (Å²) in [6, 6.07) is 13.3. The Morgan fingerprint density at radius 2 is 2.06 bits per heavy atom. The average molecular weight is 448 g/mol. The minimum absolute atomic E-state index is 0.214. The van der Waals surface area contributed by atoms with Crippen molar-refractivity contribution in [2.24, 2.45) is 0 Å². The number of H-pyrrole nitrogens is 1. The predicted molar refractivity (Wildman–Crippen MR) is 122 cm³/mol. The highest BCUT2D eigenvalue weighted by atomic mass is 16.5. The number of nitrogens with one attached hydrogen (secondary N) is 4. The van der Waals surface area contributed by atoms with Gasteiger partial charge in [-0.25, -0.2) is 4.98 Å². The standard InChI is InChI=1S/C22H24N8O3/c1-23-21(31)18-12-17(33-30-18)13-25-22-24-9-8-19(27-22)26-20-11-15(28-29-20)7-6-14-4-3-5-16(10-14)32-2/h3-5,8-12H,6-7,13H2,1-2H3,(H,23,31)(H3,24,25,26,27,28,29). The maximum atomic E-state index is 11.6. The van der Waals surface area contributed by atoms with Gasteiger partial charge in [0.15, 0.2) is 17.3 Å². The summed E-state index contributed by atoms with van der Waals surface area (Å²) < 4.78 is 10.4. The van der Waals surface area contributed by atoms with Crippen LogP contribution in [0.25, 0.3) is 0 Å². The maximum absolute atomic E-state index is 11.6. The molecule has 3 heterocycles. The van der Waals surface area contributed by atoms with Gasteiger partial charge in [-0.2, -0.15) is 10.1 Å². The molecule has 4 rings (SSSR count). The van der Waals surface area contributed by atoms with E-state index < -0.39 is 0 Å². The molecule has 4 aromatic rings. The molecule has 0 spiro atoms. The lowest BCUT2D eigenvalue weighted by molar-refractivity contribution is 0.0954. The van der Waals surface area contributed by atoms with E-state index in [0.717, 1.165) is 24.3 Å². The molecule has 3 aromatic heterocycles. The average Bonchev–Trinajstić information content (AvgIpc) is 3.51. The summed E-state index contributed by atoms with van der Waals surface area (Å²) in [4.78, 5) is 20.2. The first kappa shape index (κ1) is 21.8. The zero-order valence-electron chi connectivity index (χ0n) is 18.3. The van der Waals surface area contributed by atoms with Crippen LogP contribution in [0.3, 0.4) is 0 Å². The first-order valence-electron chi connectivity index (χ1n) is 10.3. The summed E-state index contributed by atoms with van der Waals surface area (Å²) in [7, 11) is 3.20. The molecule has 0 atom stereocenters. The zero-order chi connectivity index (χ0) is 23.0. The van der Waals surface area contributed by atoms with Crippen LogP contribution in [0.2, 0.25) is 0 Å². The first-order valence-corrected chi connectivity index (χ1v) is 10.3. The number of methoxy groups -OCH3 is 1. The van der Waals surface area contributed by atoms with Crippen molar-refractivity contribution in [2.45, 2.75) is 19.4 Å². The van der Waals surface area contributed by atoms with Crippen LogP contribution >= 0.6 is 0 Å². The number of nitrogens with zero attached hydrogens (tertiary/aromatic N) is 4. The molecular weight excluding hydrogens is 424 g/mol. The summed E-state index contributed by atoms with van der Waals surface area (Å²) in [5.41, 5.74) is 2.41. The Bertz CT molecular complexity index is 1220. The molecule has 0 radical (unpaired) electrons. The lowest BCUT2D eigenvalue weighted by atomic mass is 10.1. The van der Waals surface area contributed by atoms with E-state index in [1.165, 1.54) is 12.6 Å². The number of aryl methyl sites for hydroxylation is 2. The van der Waals surface area contributed by atoms with Crippen molar-refractivity contribution < 1.29 is 14.1 Å². The van der Waals surface area contributed by atoms with E-state index in [0.29, 0.717) is 23.3 Å². The number of ether oxygens (including phenoxy) is 1. The second kappa shape index (κ2) is 10.3. The molecule has 0 aliphatic carbocycles. The second-order valence-corrected chi connectivity index (χ2v) is 7.13. The highest BCUT2D eigenvalue weighted by molar-refractivity contribution is 5.91. The Labute approximate surface area is 190 Å². The number of anilines is 3. The van der Waals surface area contributed by atoms with Crippen LogP contribution in [-0.2, 0) is 19.4 Å². The fourth-order valence-corrected chi connectivity index (χ4v) is 3.10. The number of carbonyl (C=O) groups excluding carboxylic acids is 1. The van der Waals surface area contributed by atoms with E-state index >= 15 is 0 Å². The Balaban J connectivity index is 1.31.